The van der Waals surface area contributed by atoms with Gasteiger partial charge in [0.15, 0.2) is 5.78 Å². The lowest BCUT2D eigenvalue weighted by Gasteiger charge is -2.37. The van der Waals surface area contributed by atoms with E-state index in [2.05, 4.69) is 26.1 Å². The van der Waals surface area contributed by atoms with E-state index in [4.69, 9.17) is 0 Å². The quantitative estimate of drug-likeness (QED) is 0.302. The average molecular weight is 445 g/mol. The Labute approximate surface area is 166 Å². The molecule has 24 heavy (non-hydrogen) atoms. The summed E-state index contributed by atoms with van der Waals surface area (Å²) in [6.45, 7) is 6.28. The largest absolute Gasteiger partial charge is 1.00 e. The number of allylic oxidation sites excluding steroid dienone is 4. The van der Waals surface area contributed by atoms with Crippen LogP contribution < -0.4 is 24.0 Å². The lowest BCUT2D eigenvalue weighted by atomic mass is 9.89. The van der Waals surface area contributed by atoms with Crippen molar-refractivity contribution in [2.75, 3.05) is 26.7 Å². The van der Waals surface area contributed by atoms with Gasteiger partial charge in [0.1, 0.15) is 0 Å². The van der Waals surface area contributed by atoms with Gasteiger partial charge >= 0.3 is 0 Å². The molecule has 138 valence electrons. The van der Waals surface area contributed by atoms with Crippen LogP contribution in [0.15, 0.2) is 23.8 Å². The van der Waals surface area contributed by atoms with Crippen LogP contribution in [0.1, 0.15) is 71.1 Å². The van der Waals surface area contributed by atoms with Gasteiger partial charge in [-0.3, -0.25) is 4.79 Å². The van der Waals surface area contributed by atoms with Crippen molar-refractivity contribution in [1.29, 1.82) is 0 Å². The molecule has 0 aromatic heterocycles. The molecule has 1 aliphatic heterocycles. The molecule has 2 rings (SSSR count). The Balaban J connectivity index is 0.00000288. The molecule has 1 fully saturated rings. The van der Waals surface area contributed by atoms with Gasteiger partial charge < -0.3 is 28.5 Å². The maximum Gasteiger partial charge on any atom is 0.162 e. The van der Waals surface area contributed by atoms with E-state index in [0.29, 0.717) is 5.78 Å². The zero-order valence-corrected chi connectivity index (χ0v) is 17.9. The highest BCUT2D eigenvalue weighted by Crippen LogP contribution is 2.22. The van der Waals surface area contributed by atoms with Crippen molar-refractivity contribution in [2.24, 2.45) is 5.92 Å². The van der Waals surface area contributed by atoms with Gasteiger partial charge in [-0.1, -0.05) is 31.9 Å². The van der Waals surface area contributed by atoms with E-state index in [1.165, 1.54) is 74.6 Å². The fourth-order valence-corrected chi connectivity index (χ4v) is 3.99. The van der Waals surface area contributed by atoms with Gasteiger partial charge in [0, 0.05) is 5.92 Å². The number of carbonyl (C=O) groups excluding carboxylic acids is 1. The molecule has 0 aromatic rings. The lowest BCUT2D eigenvalue weighted by Crippen LogP contribution is -3.00. The molecule has 0 spiro atoms. The van der Waals surface area contributed by atoms with Gasteiger partial charge in [-0.05, 0) is 63.0 Å². The van der Waals surface area contributed by atoms with Crippen molar-refractivity contribution in [1.82, 2.24) is 0 Å². The standard InChI is InChI=1S/C21H36NO.HI/c1-3-4-12-20-14-13-19(18-21(20)23)11-7-5-8-15-22(2)16-9-6-10-17-22;/h13-14,18,20H,3-12,15-17H2,1-2H3;1H/q+1;/p-1. The second-order valence-corrected chi connectivity index (χ2v) is 7.89. The third-order valence-electron chi connectivity index (χ3n) is 5.66. The molecular weight excluding hydrogens is 409 g/mol. The van der Waals surface area contributed by atoms with Crippen molar-refractivity contribution < 1.29 is 33.3 Å². The summed E-state index contributed by atoms with van der Waals surface area (Å²) in [5.41, 5.74) is 1.25. The Bertz CT molecular complexity index is 435. The van der Waals surface area contributed by atoms with E-state index >= 15 is 0 Å². The SMILES string of the molecule is CCCCC1C=CC(CCCCC[N+]2(C)CCCCC2)=CC1=O.[I-]. The van der Waals surface area contributed by atoms with Crippen LogP contribution >= 0.6 is 0 Å². The number of piperidine rings is 1. The summed E-state index contributed by atoms with van der Waals surface area (Å²) in [4.78, 5) is 12.1. The van der Waals surface area contributed by atoms with Crippen LogP contribution in [0, 0.1) is 5.92 Å². The molecule has 0 bridgehead atoms. The summed E-state index contributed by atoms with van der Waals surface area (Å²) in [6, 6.07) is 0. The molecule has 3 heteroatoms. The normalized spacial score (nSPS) is 22.8. The predicted octanol–water partition coefficient (Wildman–Crippen LogP) is 2.05. The number of carbonyl (C=O) groups is 1. The summed E-state index contributed by atoms with van der Waals surface area (Å²) < 4.78 is 1.29. The first kappa shape index (κ1) is 21.9. The summed E-state index contributed by atoms with van der Waals surface area (Å²) in [7, 11) is 2.43. The molecule has 1 atom stereocenters. The number of unbranched alkanes of at least 4 members (excludes halogenated alkanes) is 3. The van der Waals surface area contributed by atoms with Crippen LogP contribution in [0.5, 0.6) is 0 Å². The van der Waals surface area contributed by atoms with E-state index in [1.54, 1.807) is 0 Å². The number of hydrogen-bond acceptors (Lipinski definition) is 1. The molecule has 0 aromatic carbocycles. The maximum absolute atomic E-state index is 12.1. The molecule has 0 amide bonds. The fourth-order valence-electron chi connectivity index (χ4n) is 3.99. The average Bonchev–Trinajstić information content (AvgIpc) is 2.54. The minimum atomic E-state index is 0. The molecule has 1 heterocycles. The second-order valence-electron chi connectivity index (χ2n) is 7.89. The van der Waals surface area contributed by atoms with Crippen molar-refractivity contribution in [3.63, 3.8) is 0 Å². The summed E-state index contributed by atoms with van der Waals surface area (Å²) in [6.07, 6.45) is 18.8. The van der Waals surface area contributed by atoms with Crippen molar-refractivity contribution in [3.05, 3.63) is 23.8 Å². The number of rotatable bonds is 9. The molecule has 2 nitrogen and oxygen atoms in total. The van der Waals surface area contributed by atoms with Crippen LogP contribution in [0.3, 0.4) is 0 Å². The van der Waals surface area contributed by atoms with Crippen molar-refractivity contribution >= 4 is 5.78 Å². The van der Waals surface area contributed by atoms with E-state index in [-0.39, 0.29) is 29.9 Å². The van der Waals surface area contributed by atoms with E-state index in [1.807, 2.05) is 6.08 Å². The van der Waals surface area contributed by atoms with E-state index in [9.17, 15) is 4.79 Å². The Morgan fingerprint density at radius 3 is 2.50 bits per heavy atom. The summed E-state index contributed by atoms with van der Waals surface area (Å²) in [5.74, 6) is 0.490. The Kier molecular flexibility index (Phi) is 10.4. The number of hydrogen-bond donors (Lipinski definition) is 0. The first-order valence-corrected chi connectivity index (χ1v) is 9.89. The zero-order chi connectivity index (χ0) is 16.5. The van der Waals surface area contributed by atoms with Crippen molar-refractivity contribution in [2.45, 2.75) is 71.1 Å². The van der Waals surface area contributed by atoms with Crippen LogP contribution in [0.4, 0.5) is 0 Å². The highest BCUT2D eigenvalue weighted by molar-refractivity contribution is 5.95. The van der Waals surface area contributed by atoms with Gasteiger partial charge in [-0.2, -0.15) is 0 Å². The first-order valence-electron chi connectivity index (χ1n) is 9.89. The zero-order valence-electron chi connectivity index (χ0n) is 15.7. The van der Waals surface area contributed by atoms with E-state index < -0.39 is 0 Å². The molecule has 1 saturated heterocycles. The van der Waals surface area contributed by atoms with Crippen LogP contribution in [0.25, 0.3) is 0 Å². The highest BCUT2D eigenvalue weighted by Gasteiger charge is 2.23. The minimum absolute atomic E-state index is 0. The van der Waals surface area contributed by atoms with Crippen LogP contribution in [-0.2, 0) is 4.79 Å². The van der Waals surface area contributed by atoms with Gasteiger partial charge in [0.05, 0.1) is 26.7 Å². The lowest BCUT2D eigenvalue weighted by molar-refractivity contribution is -0.914. The monoisotopic (exact) mass is 445 g/mol. The molecule has 0 saturated carbocycles. The number of halogens is 1. The number of likely N-dealkylation sites (tertiary alicyclic amines) is 1. The minimum Gasteiger partial charge on any atom is -1.00 e. The maximum atomic E-state index is 12.1. The third kappa shape index (κ3) is 7.38. The smallest absolute Gasteiger partial charge is 0.162 e. The summed E-state index contributed by atoms with van der Waals surface area (Å²) in [5, 5.41) is 0. The topological polar surface area (TPSA) is 17.1 Å². The number of nitrogens with zero attached hydrogens (tertiary/aromatic N) is 1. The first-order chi connectivity index (χ1) is 11.1. The van der Waals surface area contributed by atoms with Crippen LogP contribution in [0.2, 0.25) is 0 Å². The van der Waals surface area contributed by atoms with Gasteiger partial charge in [-0.25, -0.2) is 0 Å². The molecule has 0 radical (unpaired) electrons. The number of ketones is 1. The van der Waals surface area contributed by atoms with Gasteiger partial charge in [0.2, 0.25) is 0 Å². The molecule has 2 aliphatic rings. The predicted molar refractivity (Wildman–Crippen MR) is 98.3 cm³/mol. The van der Waals surface area contributed by atoms with Crippen LogP contribution in [-0.4, -0.2) is 36.9 Å². The van der Waals surface area contributed by atoms with Gasteiger partial charge in [-0.15, -0.1) is 0 Å². The molecule has 0 N–H and O–H groups in total. The number of quaternary nitrogens is 1. The second kappa shape index (κ2) is 11.5. The van der Waals surface area contributed by atoms with Gasteiger partial charge in [0.25, 0.3) is 0 Å². The Morgan fingerprint density at radius 1 is 1.08 bits per heavy atom. The molecule has 1 unspecified atom stereocenters. The Morgan fingerprint density at radius 2 is 1.83 bits per heavy atom. The summed E-state index contributed by atoms with van der Waals surface area (Å²) >= 11 is 0. The Hall–Kier alpha value is -0.160. The third-order valence-corrected chi connectivity index (χ3v) is 5.66. The highest BCUT2D eigenvalue weighted by atomic mass is 127. The molecular formula is C21H36INO. The molecule has 1 aliphatic carbocycles. The fraction of sp³-hybridized carbons (Fsp3) is 0.762. The van der Waals surface area contributed by atoms with E-state index in [0.717, 1.165) is 19.3 Å². The van der Waals surface area contributed by atoms with Crippen molar-refractivity contribution in [3.8, 4) is 0 Å².